The highest BCUT2D eigenvalue weighted by atomic mass is 35.5. The van der Waals surface area contributed by atoms with Gasteiger partial charge in [-0.15, -0.1) is 0 Å². The number of rotatable bonds is 6. The van der Waals surface area contributed by atoms with Crippen LogP contribution in [-0.2, 0) is 11.3 Å². The predicted octanol–water partition coefficient (Wildman–Crippen LogP) is 6.25. The van der Waals surface area contributed by atoms with Gasteiger partial charge in [0.05, 0.1) is 23.4 Å². The highest BCUT2D eigenvalue weighted by Crippen LogP contribution is 2.39. The van der Waals surface area contributed by atoms with Gasteiger partial charge in [0.15, 0.2) is 5.13 Å². The summed E-state index contributed by atoms with van der Waals surface area (Å²) in [6.45, 7) is 0.305. The van der Waals surface area contributed by atoms with Crippen molar-refractivity contribution < 1.29 is 9.53 Å². The van der Waals surface area contributed by atoms with E-state index >= 15 is 0 Å². The van der Waals surface area contributed by atoms with Gasteiger partial charge in [0, 0.05) is 23.5 Å². The number of nitrogens with zero attached hydrogens (tertiary/aromatic N) is 3. The van der Waals surface area contributed by atoms with E-state index in [4.69, 9.17) is 27.9 Å². The summed E-state index contributed by atoms with van der Waals surface area (Å²) in [5.74, 6) is 0.361. The molecule has 4 rings (SSSR count). The van der Waals surface area contributed by atoms with Gasteiger partial charge >= 0.3 is 0 Å². The van der Waals surface area contributed by atoms with Crippen LogP contribution in [0.15, 0.2) is 67.0 Å². The molecule has 0 spiro atoms. The Morgan fingerprint density at radius 2 is 1.97 bits per heavy atom. The van der Waals surface area contributed by atoms with Crippen molar-refractivity contribution in [1.82, 2.24) is 9.97 Å². The summed E-state index contributed by atoms with van der Waals surface area (Å²) in [6, 6.07) is 14.6. The zero-order chi connectivity index (χ0) is 21.8. The van der Waals surface area contributed by atoms with Crippen molar-refractivity contribution in [1.29, 1.82) is 0 Å². The first-order valence-corrected chi connectivity index (χ1v) is 10.9. The van der Waals surface area contributed by atoms with Crippen LogP contribution in [0.2, 0.25) is 10.0 Å². The molecule has 156 valence electrons. The van der Waals surface area contributed by atoms with Crippen molar-refractivity contribution in [3.8, 4) is 5.75 Å². The van der Waals surface area contributed by atoms with Crippen LogP contribution in [0, 0.1) is 0 Å². The average Bonchev–Trinajstić information content (AvgIpc) is 3.24. The van der Waals surface area contributed by atoms with E-state index in [1.165, 1.54) is 17.4 Å². The van der Waals surface area contributed by atoms with E-state index in [1.807, 2.05) is 30.3 Å². The number of hydrogen-bond donors (Lipinski definition) is 0. The molecule has 0 aliphatic carbocycles. The van der Waals surface area contributed by atoms with Crippen molar-refractivity contribution in [3.63, 3.8) is 0 Å². The molecule has 0 bridgehead atoms. The van der Waals surface area contributed by atoms with E-state index in [2.05, 4.69) is 9.97 Å². The number of fused-ring (bicyclic) bond motifs is 1. The topological polar surface area (TPSA) is 55.3 Å². The number of halogens is 2. The van der Waals surface area contributed by atoms with Gasteiger partial charge in [-0.2, -0.15) is 0 Å². The number of aromatic nitrogens is 2. The average molecular weight is 470 g/mol. The fourth-order valence-corrected chi connectivity index (χ4v) is 4.46. The lowest BCUT2D eigenvalue weighted by Gasteiger charge is -2.18. The SMILES string of the molecule is COc1ccc(Cl)c2sc(N(Cc3cccnc3)C(=O)/C=C/c3ccccc3Cl)nc12. The molecule has 2 aromatic heterocycles. The summed E-state index contributed by atoms with van der Waals surface area (Å²) >= 11 is 13.9. The summed E-state index contributed by atoms with van der Waals surface area (Å²) in [4.78, 5) is 23.6. The lowest BCUT2D eigenvalue weighted by atomic mass is 10.2. The van der Waals surface area contributed by atoms with Crippen LogP contribution in [0.1, 0.15) is 11.1 Å². The highest BCUT2D eigenvalue weighted by molar-refractivity contribution is 7.23. The van der Waals surface area contributed by atoms with Crippen molar-refractivity contribution in [2.75, 3.05) is 12.0 Å². The zero-order valence-corrected chi connectivity index (χ0v) is 18.8. The second kappa shape index (κ2) is 9.47. The van der Waals surface area contributed by atoms with Crippen molar-refractivity contribution >= 4 is 61.9 Å². The van der Waals surface area contributed by atoms with Crippen LogP contribution in [-0.4, -0.2) is 23.0 Å². The molecule has 0 saturated heterocycles. The van der Waals surface area contributed by atoms with Crippen molar-refractivity contribution in [2.45, 2.75) is 6.54 Å². The summed E-state index contributed by atoms with van der Waals surface area (Å²) in [5.41, 5.74) is 2.25. The molecule has 8 heteroatoms. The fraction of sp³-hybridized carbons (Fsp3) is 0.0870. The van der Waals surface area contributed by atoms with Gasteiger partial charge in [-0.3, -0.25) is 14.7 Å². The minimum Gasteiger partial charge on any atom is -0.494 e. The van der Waals surface area contributed by atoms with Crippen molar-refractivity contribution in [2.24, 2.45) is 0 Å². The van der Waals surface area contributed by atoms with Gasteiger partial charge in [-0.05, 0) is 41.5 Å². The molecule has 31 heavy (non-hydrogen) atoms. The largest absolute Gasteiger partial charge is 0.494 e. The third-order valence-corrected chi connectivity index (χ3v) is 6.42. The van der Waals surface area contributed by atoms with Gasteiger partial charge in [0.1, 0.15) is 11.3 Å². The number of amides is 1. The molecular formula is C23H17Cl2N3O2S. The first-order valence-electron chi connectivity index (χ1n) is 9.33. The maximum absolute atomic E-state index is 13.2. The summed E-state index contributed by atoms with van der Waals surface area (Å²) < 4.78 is 6.18. The summed E-state index contributed by atoms with van der Waals surface area (Å²) in [7, 11) is 1.58. The van der Waals surface area contributed by atoms with Crippen LogP contribution in [0.25, 0.3) is 16.3 Å². The van der Waals surface area contributed by atoms with Crippen LogP contribution in [0.5, 0.6) is 5.75 Å². The monoisotopic (exact) mass is 469 g/mol. The van der Waals surface area contributed by atoms with Crippen LogP contribution < -0.4 is 9.64 Å². The van der Waals surface area contributed by atoms with Gasteiger partial charge in [-0.1, -0.05) is 58.8 Å². The third-order valence-electron chi connectivity index (χ3n) is 4.54. The van der Waals surface area contributed by atoms with Crippen LogP contribution >= 0.6 is 34.5 Å². The van der Waals surface area contributed by atoms with E-state index in [0.717, 1.165) is 15.8 Å². The Labute approximate surface area is 193 Å². The van der Waals surface area contributed by atoms with Crippen LogP contribution in [0.3, 0.4) is 0 Å². The fourth-order valence-electron chi connectivity index (χ4n) is 3.00. The Balaban J connectivity index is 1.74. The Bertz CT molecular complexity index is 1260. The standard InChI is InChI=1S/C23H17Cl2N3O2S/c1-30-19-10-9-18(25)22-21(19)27-23(31-22)28(14-15-5-4-12-26-13-15)20(29)11-8-16-6-2-3-7-17(16)24/h2-13H,14H2,1H3/b11-8+. The number of ether oxygens (including phenoxy) is 1. The van der Waals surface area contributed by atoms with E-state index in [0.29, 0.717) is 33.0 Å². The molecule has 5 nitrogen and oxygen atoms in total. The number of benzene rings is 2. The van der Waals surface area contributed by atoms with Gasteiger partial charge in [-0.25, -0.2) is 4.98 Å². The summed E-state index contributed by atoms with van der Waals surface area (Å²) in [5, 5.41) is 1.64. The Morgan fingerprint density at radius 1 is 1.13 bits per heavy atom. The highest BCUT2D eigenvalue weighted by Gasteiger charge is 2.21. The van der Waals surface area contributed by atoms with Crippen LogP contribution in [0.4, 0.5) is 5.13 Å². The second-order valence-electron chi connectivity index (χ2n) is 6.56. The normalized spacial score (nSPS) is 11.2. The number of hydrogen-bond acceptors (Lipinski definition) is 5. The number of thiazole rings is 1. The molecule has 0 saturated carbocycles. The molecular weight excluding hydrogens is 453 g/mol. The summed E-state index contributed by atoms with van der Waals surface area (Å²) in [6.07, 6.45) is 6.60. The third kappa shape index (κ3) is 4.71. The molecule has 0 N–H and O–H groups in total. The molecule has 4 aromatic rings. The minimum atomic E-state index is -0.238. The molecule has 0 aliphatic rings. The first-order chi connectivity index (χ1) is 15.1. The van der Waals surface area contributed by atoms with Gasteiger partial charge in [0.25, 0.3) is 5.91 Å². The molecule has 0 fully saturated rings. The maximum Gasteiger partial charge on any atom is 0.253 e. The zero-order valence-electron chi connectivity index (χ0n) is 16.5. The quantitative estimate of drug-likeness (QED) is 0.313. The molecule has 0 unspecified atom stereocenters. The molecule has 2 aromatic carbocycles. The molecule has 1 amide bonds. The van der Waals surface area contributed by atoms with E-state index in [-0.39, 0.29) is 5.91 Å². The van der Waals surface area contributed by atoms with Gasteiger partial charge in [0.2, 0.25) is 0 Å². The van der Waals surface area contributed by atoms with E-state index in [1.54, 1.807) is 48.7 Å². The second-order valence-corrected chi connectivity index (χ2v) is 8.36. The predicted molar refractivity (Wildman–Crippen MR) is 127 cm³/mol. The lowest BCUT2D eigenvalue weighted by molar-refractivity contribution is -0.114. The number of carbonyl (C=O) groups excluding carboxylic acids is 1. The van der Waals surface area contributed by atoms with E-state index < -0.39 is 0 Å². The van der Waals surface area contributed by atoms with E-state index in [9.17, 15) is 4.79 Å². The number of methoxy groups -OCH3 is 1. The first kappa shape index (κ1) is 21.3. The smallest absolute Gasteiger partial charge is 0.253 e. The minimum absolute atomic E-state index is 0.238. The Hall–Kier alpha value is -2.93. The molecule has 0 radical (unpaired) electrons. The Kier molecular flexibility index (Phi) is 6.51. The van der Waals surface area contributed by atoms with Crippen molar-refractivity contribution in [3.05, 3.63) is 88.2 Å². The lowest BCUT2D eigenvalue weighted by Crippen LogP contribution is -2.28. The van der Waals surface area contributed by atoms with Gasteiger partial charge < -0.3 is 4.74 Å². The molecule has 0 aliphatic heterocycles. The molecule has 0 atom stereocenters. The number of carbonyl (C=O) groups is 1. The Morgan fingerprint density at radius 3 is 2.71 bits per heavy atom. The maximum atomic E-state index is 13.2. The number of pyridine rings is 1. The number of anilines is 1. The molecule has 2 heterocycles.